The molecule has 1 amide bonds. The monoisotopic (exact) mass is 230 g/mol. The highest BCUT2D eigenvalue weighted by Crippen LogP contribution is 2.10. The lowest BCUT2D eigenvalue weighted by Crippen LogP contribution is -2.35. The molecule has 0 aromatic carbocycles. The van der Waals surface area contributed by atoms with E-state index in [4.69, 9.17) is 9.47 Å². The zero-order valence-corrected chi connectivity index (χ0v) is 10.4. The smallest absolute Gasteiger partial charge is 0.240 e. The molecule has 0 aromatic heterocycles. The molecule has 1 fully saturated rings. The highest BCUT2D eigenvalue weighted by molar-refractivity contribution is 5.83. The molecule has 1 aliphatic rings. The van der Waals surface area contributed by atoms with Crippen molar-refractivity contribution in [1.29, 1.82) is 0 Å². The molecule has 5 nitrogen and oxygen atoms in total. The van der Waals surface area contributed by atoms with Crippen molar-refractivity contribution in [2.45, 2.75) is 32.5 Å². The van der Waals surface area contributed by atoms with Gasteiger partial charge in [-0.3, -0.25) is 10.1 Å². The van der Waals surface area contributed by atoms with Crippen LogP contribution < -0.4 is 5.32 Å². The molecule has 0 radical (unpaired) electrons. The molecule has 94 valence electrons. The Kier molecular flexibility index (Phi) is 5.73. The van der Waals surface area contributed by atoms with Crippen molar-refractivity contribution in [3.63, 3.8) is 0 Å². The minimum absolute atomic E-state index is 0.0515. The van der Waals surface area contributed by atoms with E-state index in [1.54, 1.807) is 7.11 Å². The molecule has 0 aliphatic carbocycles. The number of hydrogen-bond donors (Lipinski definition) is 1. The van der Waals surface area contributed by atoms with Gasteiger partial charge in [-0.15, -0.1) is 0 Å². The van der Waals surface area contributed by atoms with Crippen LogP contribution in [0.2, 0.25) is 0 Å². The van der Waals surface area contributed by atoms with Gasteiger partial charge in [0, 0.05) is 20.3 Å². The van der Waals surface area contributed by atoms with Gasteiger partial charge in [0.1, 0.15) is 0 Å². The van der Waals surface area contributed by atoms with Crippen molar-refractivity contribution in [2.24, 2.45) is 0 Å². The van der Waals surface area contributed by atoms with E-state index < -0.39 is 0 Å². The molecule has 1 N–H and O–H groups in total. The second-order valence-corrected chi connectivity index (χ2v) is 4.05. The lowest BCUT2D eigenvalue weighted by Gasteiger charge is -2.20. The average Bonchev–Trinajstić information content (AvgIpc) is 2.49. The standard InChI is InChI=1S/C11H22N2O3/c1-9-11(14)13(10(2)12-9)5-4-6-16-8-7-15-3/h9-10,12H,4-8H2,1-3H3. The van der Waals surface area contributed by atoms with Gasteiger partial charge in [-0.05, 0) is 20.3 Å². The zero-order chi connectivity index (χ0) is 12.0. The molecule has 2 atom stereocenters. The summed E-state index contributed by atoms with van der Waals surface area (Å²) in [7, 11) is 1.65. The van der Waals surface area contributed by atoms with Crippen LogP contribution in [0.1, 0.15) is 20.3 Å². The van der Waals surface area contributed by atoms with Gasteiger partial charge in [0.15, 0.2) is 0 Å². The largest absolute Gasteiger partial charge is 0.382 e. The van der Waals surface area contributed by atoms with Crippen LogP contribution >= 0.6 is 0 Å². The summed E-state index contributed by atoms with van der Waals surface area (Å²) in [6.45, 7) is 6.58. The SMILES string of the molecule is COCCOCCCN1C(=O)C(C)NC1C. The first kappa shape index (κ1) is 13.4. The van der Waals surface area contributed by atoms with Crippen molar-refractivity contribution in [1.82, 2.24) is 10.2 Å². The van der Waals surface area contributed by atoms with Gasteiger partial charge in [0.05, 0.1) is 25.4 Å². The summed E-state index contributed by atoms with van der Waals surface area (Å²) in [6, 6.07) is -0.0515. The number of nitrogens with zero attached hydrogens (tertiary/aromatic N) is 1. The average molecular weight is 230 g/mol. The molecule has 2 unspecified atom stereocenters. The Morgan fingerprint density at radius 2 is 2.06 bits per heavy atom. The van der Waals surface area contributed by atoms with Crippen LogP contribution in [0.4, 0.5) is 0 Å². The quantitative estimate of drug-likeness (QED) is 0.635. The molecule has 0 aromatic rings. The van der Waals surface area contributed by atoms with Gasteiger partial charge in [0.2, 0.25) is 5.91 Å². The Labute approximate surface area is 97.1 Å². The number of carbonyl (C=O) groups is 1. The Bertz CT molecular complexity index is 223. The van der Waals surface area contributed by atoms with E-state index in [2.05, 4.69) is 5.32 Å². The molecule has 1 aliphatic heterocycles. The summed E-state index contributed by atoms with van der Waals surface area (Å²) in [4.78, 5) is 13.5. The molecule has 0 bridgehead atoms. The number of nitrogens with one attached hydrogen (secondary N) is 1. The fourth-order valence-electron chi connectivity index (χ4n) is 1.85. The second-order valence-electron chi connectivity index (χ2n) is 4.05. The van der Waals surface area contributed by atoms with Crippen molar-refractivity contribution in [3.8, 4) is 0 Å². The normalized spacial score (nSPS) is 25.4. The van der Waals surface area contributed by atoms with Gasteiger partial charge in [-0.2, -0.15) is 0 Å². The van der Waals surface area contributed by atoms with E-state index in [0.29, 0.717) is 19.8 Å². The maximum Gasteiger partial charge on any atom is 0.240 e. The predicted octanol–water partition coefficient (Wildman–Crippen LogP) is 0.206. The minimum atomic E-state index is -0.0515. The van der Waals surface area contributed by atoms with Gasteiger partial charge in [0.25, 0.3) is 0 Å². The van der Waals surface area contributed by atoms with Crippen LogP contribution in [0, 0.1) is 0 Å². The predicted molar refractivity (Wildman–Crippen MR) is 61.1 cm³/mol. The molecule has 0 spiro atoms. The summed E-state index contributed by atoms with van der Waals surface area (Å²) < 4.78 is 10.2. The third-order valence-corrected chi connectivity index (χ3v) is 2.73. The molecule has 0 saturated carbocycles. The lowest BCUT2D eigenvalue weighted by molar-refractivity contribution is -0.129. The number of carbonyl (C=O) groups excluding carboxylic acids is 1. The number of ether oxygens (including phenoxy) is 2. The lowest BCUT2D eigenvalue weighted by atomic mass is 10.3. The van der Waals surface area contributed by atoms with Crippen LogP contribution in [-0.2, 0) is 14.3 Å². The summed E-state index contributed by atoms with van der Waals surface area (Å²) in [6.07, 6.45) is 1.01. The second kappa shape index (κ2) is 6.83. The number of methoxy groups -OCH3 is 1. The van der Waals surface area contributed by atoms with E-state index >= 15 is 0 Å². The van der Waals surface area contributed by atoms with Crippen LogP contribution in [0.15, 0.2) is 0 Å². The first-order valence-electron chi connectivity index (χ1n) is 5.80. The topological polar surface area (TPSA) is 50.8 Å². The number of rotatable bonds is 7. The van der Waals surface area contributed by atoms with Crippen molar-refractivity contribution in [2.75, 3.05) is 33.5 Å². The fourth-order valence-corrected chi connectivity index (χ4v) is 1.85. The summed E-state index contributed by atoms with van der Waals surface area (Å²) in [5.41, 5.74) is 0. The number of hydrogen-bond acceptors (Lipinski definition) is 4. The van der Waals surface area contributed by atoms with Gasteiger partial charge in [-0.1, -0.05) is 0 Å². The third-order valence-electron chi connectivity index (χ3n) is 2.73. The Balaban J connectivity index is 2.10. The molecular weight excluding hydrogens is 208 g/mol. The number of amides is 1. The molecular formula is C11H22N2O3. The molecule has 1 rings (SSSR count). The van der Waals surface area contributed by atoms with E-state index in [1.165, 1.54) is 0 Å². The fraction of sp³-hybridized carbons (Fsp3) is 0.909. The van der Waals surface area contributed by atoms with Crippen molar-refractivity contribution >= 4 is 5.91 Å². The summed E-state index contributed by atoms with van der Waals surface area (Å²) in [5, 5.41) is 3.19. The van der Waals surface area contributed by atoms with Crippen LogP contribution in [0.3, 0.4) is 0 Å². The molecule has 5 heteroatoms. The van der Waals surface area contributed by atoms with Crippen molar-refractivity contribution in [3.05, 3.63) is 0 Å². The Morgan fingerprint density at radius 1 is 1.31 bits per heavy atom. The van der Waals surface area contributed by atoms with Gasteiger partial charge >= 0.3 is 0 Å². The maximum atomic E-state index is 11.7. The van der Waals surface area contributed by atoms with Crippen LogP contribution in [-0.4, -0.2) is 56.5 Å². The Hall–Kier alpha value is -0.650. The van der Waals surface area contributed by atoms with Crippen LogP contribution in [0.25, 0.3) is 0 Å². The minimum Gasteiger partial charge on any atom is -0.382 e. The zero-order valence-electron chi connectivity index (χ0n) is 10.4. The molecule has 1 heterocycles. The van der Waals surface area contributed by atoms with Gasteiger partial charge in [-0.25, -0.2) is 0 Å². The molecule has 1 saturated heterocycles. The maximum absolute atomic E-state index is 11.7. The summed E-state index contributed by atoms with van der Waals surface area (Å²) in [5.74, 6) is 0.185. The van der Waals surface area contributed by atoms with E-state index in [9.17, 15) is 4.79 Å². The van der Waals surface area contributed by atoms with Crippen LogP contribution in [0.5, 0.6) is 0 Å². The van der Waals surface area contributed by atoms with E-state index in [-0.39, 0.29) is 18.1 Å². The van der Waals surface area contributed by atoms with E-state index in [0.717, 1.165) is 13.0 Å². The third kappa shape index (κ3) is 3.73. The molecule has 16 heavy (non-hydrogen) atoms. The Morgan fingerprint density at radius 3 is 2.62 bits per heavy atom. The van der Waals surface area contributed by atoms with Crippen molar-refractivity contribution < 1.29 is 14.3 Å². The highest BCUT2D eigenvalue weighted by atomic mass is 16.5. The highest BCUT2D eigenvalue weighted by Gasteiger charge is 2.32. The van der Waals surface area contributed by atoms with Gasteiger partial charge < -0.3 is 14.4 Å². The first-order chi connectivity index (χ1) is 7.66. The summed E-state index contributed by atoms with van der Waals surface area (Å²) >= 11 is 0. The van der Waals surface area contributed by atoms with E-state index in [1.807, 2.05) is 18.7 Å². The first-order valence-corrected chi connectivity index (χ1v) is 5.80.